The molecule has 3 aromatic rings. The summed E-state index contributed by atoms with van der Waals surface area (Å²) in [5.74, 6) is -0.388. The van der Waals surface area contributed by atoms with E-state index in [1.807, 2.05) is 61.5 Å². The molecular weight excluding hydrogens is 617 g/mol. The number of benzene rings is 3. The van der Waals surface area contributed by atoms with Gasteiger partial charge in [-0.1, -0.05) is 103 Å². The highest BCUT2D eigenvalue weighted by molar-refractivity contribution is 7.92. The molecule has 0 unspecified atom stereocenters. The Balaban J connectivity index is 1.60. The lowest BCUT2D eigenvalue weighted by molar-refractivity contribution is -0.141. The molecule has 10 heteroatoms. The van der Waals surface area contributed by atoms with E-state index in [4.69, 9.17) is 23.2 Å². The van der Waals surface area contributed by atoms with E-state index in [2.05, 4.69) is 5.32 Å². The van der Waals surface area contributed by atoms with Crippen LogP contribution >= 0.6 is 23.2 Å². The van der Waals surface area contributed by atoms with E-state index in [9.17, 15) is 18.0 Å². The molecule has 4 rings (SSSR count). The molecule has 0 aromatic heterocycles. The van der Waals surface area contributed by atoms with Gasteiger partial charge >= 0.3 is 0 Å². The third-order valence-corrected chi connectivity index (χ3v) is 9.76. The maximum absolute atomic E-state index is 14.1. The van der Waals surface area contributed by atoms with E-state index < -0.39 is 16.1 Å². The number of anilines is 1. The highest BCUT2D eigenvalue weighted by atomic mass is 35.5. The van der Waals surface area contributed by atoms with E-state index in [-0.39, 0.29) is 54.5 Å². The second-order valence-corrected chi connectivity index (χ2v) is 14.3. The Hall–Kier alpha value is -3.07. The molecule has 44 heavy (non-hydrogen) atoms. The minimum Gasteiger partial charge on any atom is -0.352 e. The number of carbonyl (C=O) groups is 2. The number of nitrogens with zero attached hydrogens (tertiary/aromatic N) is 2. The Morgan fingerprint density at radius 2 is 1.61 bits per heavy atom. The van der Waals surface area contributed by atoms with Gasteiger partial charge in [-0.25, -0.2) is 8.42 Å². The first kappa shape index (κ1) is 33.8. The fraction of sp³-hybridized carbons (Fsp3) is 0.412. The molecule has 0 radical (unpaired) electrons. The zero-order valence-electron chi connectivity index (χ0n) is 25.3. The number of sulfonamides is 1. The van der Waals surface area contributed by atoms with Crippen molar-refractivity contribution in [1.82, 2.24) is 10.2 Å². The van der Waals surface area contributed by atoms with Gasteiger partial charge in [0.2, 0.25) is 21.8 Å². The van der Waals surface area contributed by atoms with Crippen LogP contribution in [0.1, 0.15) is 61.6 Å². The summed E-state index contributed by atoms with van der Waals surface area (Å²) < 4.78 is 26.7. The zero-order valence-corrected chi connectivity index (χ0v) is 27.7. The van der Waals surface area contributed by atoms with Gasteiger partial charge in [-0.05, 0) is 55.5 Å². The third kappa shape index (κ3) is 9.71. The van der Waals surface area contributed by atoms with Gasteiger partial charge in [0.25, 0.3) is 0 Å². The van der Waals surface area contributed by atoms with Crippen molar-refractivity contribution in [3.05, 3.63) is 99.5 Å². The van der Waals surface area contributed by atoms with Crippen LogP contribution in [-0.4, -0.2) is 50.0 Å². The molecule has 0 heterocycles. The second kappa shape index (κ2) is 15.8. The van der Waals surface area contributed by atoms with Crippen LogP contribution in [0.2, 0.25) is 10.0 Å². The van der Waals surface area contributed by atoms with Crippen LogP contribution < -0.4 is 9.62 Å². The largest absolute Gasteiger partial charge is 0.352 e. The Kier molecular flexibility index (Phi) is 12.1. The summed E-state index contributed by atoms with van der Waals surface area (Å²) in [5.41, 5.74) is 3.23. The number of nitrogens with one attached hydrogen (secondary N) is 1. The van der Waals surface area contributed by atoms with Gasteiger partial charge in [-0.2, -0.15) is 0 Å². The van der Waals surface area contributed by atoms with E-state index in [1.165, 1.54) is 16.8 Å². The summed E-state index contributed by atoms with van der Waals surface area (Å²) in [6.07, 6.45) is 6.92. The zero-order chi connectivity index (χ0) is 31.7. The first-order chi connectivity index (χ1) is 21.0. The van der Waals surface area contributed by atoms with Crippen molar-refractivity contribution < 1.29 is 18.0 Å². The molecule has 0 spiro atoms. The second-order valence-electron chi connectivity index (χ2n) is 11.6. The summed E-state index contributed by atoms with van der Waals surface area (Å²) in [6, 6.07) is 21.6. The minimum atomic E-state index is -3.71. The fourth-order valence-corrected chi connectivity index (χ4v) is 7.05. The smallest absolute Gasteiger partial charge is 0.243 e. The monoisotopic (exact) mass is 657 g/mol. The van der Waals surface area contributed by atoms with E-state index in [0.717, 1.165) is 48.6 Å². The molecule has 1 aliphatic carbocycles. The Morgan fingerprint density at radius 1 is 0.932 bits per heavy atom. The third-order valence-electron chi connectivity index (χ3n) is 8.03. The van der Waals surface area contributed by atoms with Crippen molar-refractivity contribution >= 4 is 50.7 Å². The minimum absolute atomic E-state index is 0.0284. The summed E-state index contributed by atoms with van der Waals surface area (Å²) >= 11 is 12.5. The maximum Gasteiger partial charge on any atom is 0.243 e. The molecule has 1 fully saturated rings. The summed E-state index contributed by atoms with van der Waals surface area (Å²) in [6.45, 7) is 2.29. The van der Waals surface area contributed by atoms with Crippen LogP contribution in [0.4, 0.5) is 5.69 Å². The summed E-state index contributed by atoms with van der Waals surface area (Å²) in [5, 5.41) is 3.85. The van der Waals surface area contributed by atoms with Crippen molar-refractivity contribution in [2.45, 2.75) is 76.9 Å². The maximum atomic E-state index is 14.1. The fourth-order valence-electron chi connectivity index (χ4n) is 5.65. The normalized spacial score (nSPS) is 14.5. The first-order valence-corrected chi connectivity index (χ1v) is 17.7. The highest BCUT2D eigenvalue weighted by Gasteiger charge is 2.32. The van der Waals surface area contributed by atoms with Gasteiger partial charge < -0.3 is 10.2 Å². The predicted molar refractivity (Wildman–Crippen MR) is 179 cm³/mol. The number of rotatable bonds is 13. The van der Waals surface area contributed by atoms with Crippen molar-refractivity contribution in [2.24, 2.45) is 0 Å². The number of carbonyl (C=O) groups excluding carboxylic acids is 2. The topological polar surface area (TPSA) is 86.8 Å². The Bertz CT molecular complexity index is 1510. The SMILES string of the molecule is Cc1ccc(CN(C(=O)CCCN(c2cc(Cl)ccc2Cl)S(C)(=O)=O)[C@H](Cc2ccccc2)C(=O)NC2CCCCC2)cc1. The molecular formula is C34H41Cl2N3O4S. The van der Waals surface area contributed by atoms with E-state index in [0.29, 0.717) is 11.4 Å². The van der Waals surface area contributed by atoms with Gasteiger partial charge in [-0.15, -0.1) is 0 Å². The lowest BCUT2D eigenvalue weighted by atomic mass is 9.94. The standard InChI is InChI=1S/C34H41Cl2N3O4S/c1-25-15-17-27(18-16-25)24-38(32(22-26-10-5-3-6-11-26)34(41)37-29-12-7-4-8-13-29)33(40)14-9-21-39(44(2,42)43)31-23-28(35)19-20-30(31)36/h3,5-6,10-11,15-20,23,29,32H,4,7-9,12-14,21-22,24H2,1-2H3,(H,37,41)/t32-/m1/s1. The van der Waals surface area contributed by atoms with Crippen LogP contribution in [0, 0.1) is 6.92 Å². The van der Waals surface area contributed by atoms with Gasteiger partial charge in [-0.3, -0.25) is 13.9 Å². The number of hydrogen-bond acceptors (Lipinski definition) is 4. The molecule has 3 aromatic carbocycles. The number of aryl methyl sites for hydroxylation is 1. The van der Waals surface area contributed by atoms with Crippen LogP contribution in [0.3, 0.4) is 0 Å². The van der Waals surface area contributed by atoms with E-state index >= 15 is 0 Å². The molecule has 7 nitrogen and oxygen atoms in total. The molecule has 1 saturated carbocycles. The van der Waals surface area contributed by atoms with Crippen LogP contribution in [0.5, 0.6) is 0 Å². The Labute approximate surface area is 271 Å². The summed E-state index contributed by atoms with van der Waals surface area (Å²) in [7, 11) is -3.71. The predicted octanol–water partition coefficient (Wildman–Crippen LogP) is 6.94. The lowest BCUT2D eigenvalue weighted by Crippen LogP contribution is -2.52. The molecule has 236 valence electrons. The number of hydrogen-bond donors (Lipinski definition) is 1. The molecule has 1 atom stereocenters. The molecule has 0 aliphatic heterocycles. The van der Waals surface area contributed by atoms with E-state index in [1.54, 1.807) is 17.0 Å². The average molecular weight is 659 g/mol. The van der Waals surface area contributed by atoms with Gasteiger partial charge in [0, 0.05) is 37.0 Å². The molecule has 1 N–H and O–H groups in total. The van der Waals surface area contributed by atoms with Gasteiger partial charge in [0.05, 0.1) is 17.0 Å². The molecule has 1 aliphatic rings. The van der Waals surface area contributed by atoms with Crippen molar-refractivity contribution in [2.75, 3.05) is 17.1 Å². The van der Waals surface area contributed by atoms with Crippen LogP contribution in [0.15, 0.2) is 72.8 Å². The average Bonchev–Trinajstić information content (AvgIpc) is 2.99. The van der Waals surface area contributed by atoms with Crippen molar-refractivity contribution in [1.29, 1.82) is 0 Å². The van der Waals surface area contributed by atoms with Crippen LogP contribution in [0.25, 0.3) is 0 Å². The Morgan fingerprint density at radius 3 is 2.27 bits per heavy atom. The highest BCUT2D eigenvalue weighted by Crippen LogP contribution is 2.31. The number of halogens is 2. The summed E-state index contributed by atoms with van der Waals surface area (Å²) in [4.78, 5) is 29.7. The molecule has 0 saturated heterocycles. The first-order valence-electron chi connectivity index (χ1n) is 15.1. The lowest BCUT2D eigenvalue weighted by Gasteiger charge is -2.34. The van der Waals surface area contributed by atoms with Gasteiger partial charge in [0.15, 0.2) is 0 Å². The quantitative estimate of drug-likeness (QED) is 0.216. The van der Waals surface area contributed by atoms with Gasteiger partial charge in [0.1, 0.15) is 6.04 Å². The number of amides is 2. The van der Waals surface area contributed by atoms with Crippen molar-refractivity contribution in [3.63, 3.8) is 0 Å². The molecule has 2 amide bonds. The van der Waals surface area contributed by atoms with Crippen LogP contribution in [-0.2, 0) is 32.6 Å². The molecule has 0 bridgehead atoms. The van der Waals surface area contributed by atoms with Crippen molar-refractivity contribution in [3.8, 4) is 0 Å².